The van der Waals surface area contributed by atoms with Crippen LogP contribution in [-0.4, -0.2) is 16.1 Å². The highest BCUT2D eigenvalue weighted by atomic mass is 19.4. The van der Waals surface area contributed by atoms with Gasteiger partial charge in [-0.15, -0.1) is 0 Å². The van der Waals surface area contributed by atoms with Gasteiger partial charge in [-0.2, -0.15) is 13.2 Å². The molecule has 102 valence electrons. The van der Waals surface area contributed by atoms with E-state index in [0.29, 0.717) is 24.5 Å². The topological polar surface area (TPSA) is 50.2 Å². The monoisotopic (exact) mass is 271 g/mol. The number of alkyl halides is 3. The fourth-order valence-electron chi connectivity index (χ4n) is 2.07. The summed E-state index contributed by atoms with van der Waals surface area (Å²) in [5, 5.41) is 8.91. The van der Waals surface area contributed by atoms with Crippen molar-refractivity contribution in [1.29, 1.82) is 0 Å². The van der Waals surface area contributed by atoms with Gasteiger partial charge in [0.25, 0.3) is 0 Å². The molecule has 0 saturated heterocycles. The molecular formula is C13H12F3NO2. The number of allylic oxidation sites excluding steroid dienone is 1. The van der Waals surface area contributed by atoms with Crippen molar-refractivity contribution in [1.82, 2.24) is 4.98 Å². The van der Waals surface area contributed by atoms with Gasteiger partial charge in [-0.1, -0.05) is 12.2 Å². The molecule has 0 amide bonds. The van der Waals surface area contributed by atoms with E-state index in [2.05, 4.69) is 11.6 Å². The summed E-state index contributed by atoms with van der Waals surface area (Å²) in [6.07, 6.45) is -3.36. The summed E-state index contributed by atoms with van der Waals surface area (Å²) >= 11 is 0. The van der Waals surface area contributed by atoms with E-state index in [9.17, 15) is 18.0 Å². The van der Waals surface area contributed by atoms with Crippen molar-refractivity contribution in [2.45, 2.75) is 31.4 Å². The van der Waals surface area contributed by atoms with Crippen LogP contribution in [0.1, 0.15) is 41.5 Å². The molecule has 1 aromatic rings. The molecule has 19 heavy (non-hydrogen) atoms. The zero-order valence-corrected chi connectivity index (χ0v) is 10.2. The first-order chi connectivity index (χ1) is 8.67. The summed E-state index contributed by atoms with van der Waals surface area (Å²) < 4.78 is 38.2. The number of rotatable bonds is 3. The van der Waals surface area contributed by atoms with Crippen LogP contribution < -0.4 is 0 Å². The number of aromatic nitrogens is 1. The van der Waals surface area contributed by atoms with Gasteiger partial charge in [0, 0.05) is 5.41 Å². The van der Waals surface area contributed by atoms with Crippen LogP contribution in [0.2, 0.25) is 0 Å². The Balaban J connectivity index is 2.59. The van der Waals surface area contributed by atoms with Crippen LogP contribution >= 0.6 is 0 Å². The maximum Gasteiger partial charge on any atom is 0.433 e. The Morgan fingerprint density at radius 2 is 2.00 bits per heavy atom. The molecule has 0 unspecified atom stereocenters. The summed E-state index contributed by atoms with van der Waals surface area (Å²) in [4.78, 5) is 14.5. The minimum Gasteiger partial charge on any atom is -0.478 e. The van der Waals surface area contributed by atoms with Gasteiger partial charge in [-0.05, 0) is 31.9 Å². The van der Waals surface area contributed by atoms with Crippen LogP contribution in [0.25, 0.3) is 0 Å². The lowest BCUT2D eigenvalue weighted by atomic mass is 9.92. The normalized spacial score (nSPS) is 17.1. The smallest absolute Gasteiger partial charge is 0.433 e. The number of aromatic carboxylic acids is 1. The fraction of sp³-hybridized carbons (Fsp3) is 0.385. The first-order valence-corrected chi connectivity index (χ1v) is 5.66. The molecule has 1 aliphatic carbocycles. The molecule has 0 atom stereocenters. The van der Waals surface area contributed by atoms with Crippen molar-refractivity contribution in [3.05, 3.63) is 41.2 Å². The van der Waals surface area contributed by atoms with Crippen LogP contribution in [0.3, 0.4) is 0 Å². The summed E-state index contributed by atoms with van der Waals surface area (Å²) in [7, 11) is 0. The largest absolute Gasteiger partial charge is 0.478 e. The van der Waals surface area contributed by atoms with Gasteiger partial charge in [0.05, 0.1) is 11.3 Å². The number of pyridine rings is 1. The third-order valence-corrected chi connectivity index (χ3v) is 3.42. The number of hydrogen-bond acceptors (Lipinski definition) is 2. The number of hydrogen-bond donors (Lipinski definition) is 1. The van der Waals surface area contributed by atoms with Crippen molar-refractivity contribution in [3.63, 3.8) is 0 Å². The molecule has 6 heteroatoms. The van der Waals surface area contributed by atoms with Crippen LogP contribution in [0.15, 0.2) is 24.3 Å². The Hall–Kier alpha value is -1.85. The number of carbonyl (C=O) groups is 1. The van der Waals surface area contributed by atoms with Crippen LogP contribution in [0, 0.1) is 0 Å². The van der Waals surface area contributed by atoms with E-state index in [4.69, 9.17) is 5.11 Å². The predicted molar refractivity (Wildman–Crippen MR) is 61.9 cm³/mol. The van der Waals surface area contributed by atoms with E-state index < -0.39 is 28.8 Å². The average Bonchev–Trinajstić information content (AvgIpc) is 3.08. The number of carboxylic acid groups (broad SMARTS) is 1. The van der Waals surface area contributed by atoms with Gasteiger partial charge in [-0.3, -0.25) is 0 Å². The molecule has 0 aromatic carbocycles. The highest BCUT2D eigenvalue weighted by Crippen LogP contribution is 2.52. The van der Waals surface area contributed by atoms with Gasteiger partial charge in [0.2, 0.25) is 0 Å². The first-order valence-electron chi connectivity index (χ1n) is 5.66. The van der Waals surface area contributed by atoms with Gasteiger partial charge in [0.1, 0.15) is 5.69 Å². The highest BCUT2D eigenvalue weighted by Gasteiger charge is 2.47. The molecule has 0 aliphatic heterocycles. The van der Waals surface area contributed by atoms with Crippen molar-refractivity contribution in [2.75, 3.05) is 0 Å². The standard InChI is InChI=1S/C13H12F3NO2/c1-7(2)12(3-4-12)9-5-8(11(18)19)6-10(17-9)13(14,15)16/h5-6H,1,3-4H2,2H3,(H,18,19). The second kappa shape index (κ2) is 4.08. The molecule has 2 rings (SSSR count). The maximum absolute atomic E-state index is 12.7. The van der Waals surface area contributed by atoms with Gasteiger partial charge < -0.3 is 5.11 Å². The van der Waals surface area contributed by atoms with E-state index in [0.717, 1.165) is 0 Å². The highest BCUT2D eigenvalue weighted by molar-refractivity contribution is 5.88. The number of halogens is 3. The molecule has 3 nitrogen and oxygen atoms in total. The first kappa shape index (κ1) is 13.6. The molecule has 1 fully saturated rings. The van der Waals surface area contributed by atoms with Crippen molar-refractivity contribution in [2.24, 2.45) is 0 Å². The van der Waals surface area contributed by atoms with Crippen molar-refractivity contribution < 1.29 is 23.1 Å². The predicted octanol–water partition coefficient (Wildman–Crippen LogP) is 3.41. The minimum atomic E-state index is -4.66. The van der Waals surface area contributed by atoms with E-state index >= 15 is 0 Å². The average molecular weight is 271 g/mol. The van der Waals surface area contributed by atoms with Crippen molar-refractivity contribution >= 4 is 5.97 Å². The molecule has 1 aliphatic rings. The Morgan fingerprint density at radius 1 is 1.42 bits per heavy atom. The van der Waals surface area contributed by atoms with Crippen LogP contribution in [0.4, 0.5) is 13.2 Å². The SMILES string of the molecule is C=C(C)C1(c2cc(C(=O)O)cc(C(F)(F)F)n2)CC1. The Morgan fingerprint density at radius 3 is 2.37 bits per heavy atom. The molecule has 0 bridgehead atoms. The van der Waals surface area contributed by atoms with E-state index in [-0.39, 0.29) is 5.69 Å². The summed E-state index contributed by atoms with van der Waals surface area (Å²) in [6.45, 7) is 5.48. The maximum atomic E-state index is 12.7. The Labute approximate surface area is 107 Å². The second-order valence-electron chi connectivity index (χ2n) is 4.79. The summed E-state index contributed by atoms with van der Waals surface area (Å²) in [5.41, 5.74) is -1.31. The van der Waals surface area contributed by atoms with Crippen LogP contribution in [0.5, 0.6) is 0 Å². The molecule has 1 N–H and O–H groups in total. The van der Waals surface area contributed by atoms with E-state index in [1.165, 1.54) is 6.07 Å². The molecule has 1 heterocycles. The lowest BCUT2D eigenvalue weighted by Gasteiger charge is -2.17. The Bertz CT molecular complexity index is 559. The molecule has 0 spiro atoms. The minimum absolute atomic E-state index is 0.146. The van der Waals surface area contributed by atoms with E-state index in [1.54, 1.807) is 6.92 Å². The van der Waals surface area contributed by atoms with Crippen LogP contribution in [-0.2, 0) is 11.6 Å². The quantitative estimate of drug-likeness (QED) is 0.857. The molecular weight excluding hydrogens is 259 g/mol. The summed E-state index contributed by atoms with van der Waals surface area (Å²) in [6, 6.07) is 1.76. The number of carboxylic acids is 1. The van der Waals surface area contributed by atoms with Gasteiger partial charge in [0.15, 0.2) is 0 Å². The van der Waals surface area contributed by atoms with Gasteiger partial charge >= 0.3 is 12.1 Å². The number of nitrogens with zero attached hydrogens (tertiary/aromatic N) is 1. The Kier molecular flexibility index (Phi) is 2.91. The van der Waals surface area contributed by atoms with Gasteiger partial charge in [-0.25, -0.2) is 9.78 Å². The fourth-order valence-corrected chi connectivity index (χ4v) is 2.07. The third kappa shape index (κ3) is 2.34. The van der Waals surface area contributed by atoms with E-state index in [1.807, 2.05) is 0 Å². The zero-order valence-electron chi connectivity index (χ0n) is 10.2. The summed E-state index contributed by atoms with van der Waals surface area (Å²) in [5.74, 6) is -1.40. The molecule has 0 radical (unpaired) electrons. The lowest BCUT2D eigenvalue weighted by Crippen LogP contribution is -2.17. The second-order valence-corrected chi connectivity index (χ2v) is 4.79. The molecule has 1 saturated carbocycles. The zero-order chi connectivity index (χ0) is 14.4. The third-order valence-electron chi connectivity index (χ3n) is 3.42. The van der Waals surface area contributed by atoms with Crippen molar-refractivity contribution in [3.8, 4) is 0 Å². The molecule has 1 aromatic heterocycles. The lowest BCUT2D eigenvalue weighted by molar-refractivity contribution is -0.141.